The number of carbonyl (C=O) groups is 1. The lowest BCUT2D eigenvalue weighted by Crippen LogP contribution is -2.35. The summed E-state index contributed by atoms with van der Waals surface area (Å²) < 4.78 is 43.0. The van der Waals surface area contributed by atoms with Gasteiger partial charge in [-0.3, -0.25) is 4.21 Å². The number of benzene rings is 2. The number of halogens is 1. The Hall–Kier alpha value is -2.61. The normalized spacial score (nSPS) is 20.3. The minimum Gasteiger partial charge on any atom is -0.490 e. The highest BCUT2D eigenvalue weighted by molar-refractivity contribution is 7.85. The molecule has 1 saturated heterocycles. The smallest absolute Gasteiger partial charge is 0.410 e. The maximum absolute atomic E-state index is 14.6. The van der Waals surface area contributed by atoms with Crippen molar-refractivity contribution < 1.29 is 27.6 Å². The van der Waals surface area contributed by atoms with Gasteiger partial charge in [0.25, 0.3) is 0 Å². The van der Waals surface area contributed by atoms with Crippen LogP contribution in [0.5, 0.6) is 11.5 Å². The van der Waals surface area contributed by atoms with Crippen LogP contribution >= 0.6 is 0 Å². The van der Waals surface area contributed by atoms with Crippen molar-refractivity contribution in [3.63, 3.8) is 0 Å². The average Bonchev–Trinajstić information content (AvgIpc) is 3.33. The zero-order valence-electron chi connectivity index (χ0n) is 17.9. The van der Waals surface area contributed by atoms with Gasteiger partial charge in [-0.25, -0.2) is 9.18 Å². The molecule has 1 fully saturated rings. The van der Waals surface area contributed by atoms with E-state index in [4.69, 9.17) is 14.2 Å². The molecule has 166 valence electrons. The lowest BCUT2D eigenvalue weighted by atomic mass is 10.0. The van der Waals surface area contributed by atoms with Crippen LogP contribution < -0.4 is 9.47 Å². The molecule has 8 heteroatoms. The minimum absolute atomic E-state index is 0.126. The number of carbonyl (C=O) groups excluding carboxylic acids is 1. The predicted octanol–water partition coefficient (Wildman–Crippen LogP) is 4.59. The van der Waals surface area contributed by atoms with E-state index in [9.17, 15) is 13.4 Å². The summed E-state index contributed by atoms with van der Waals surface area (Å²) in [6.45, 7) is 6.98. The summed E-state index contributed by atoms with van der Waals surface area (Å²) in [6, 6.07) is 10.2. The molecule has 2 aromatic carbocycles. The van der Waals surface area contributed by atoms with E-state index < -0.39 is 22.2 Å². The van der Waals surface area contributed by atoms with Crippen LogP contribution in [0.3, 0.4) is 0 Å². The highest BCUT2D eigenvalue weighted by Crippen LogP contribution is 2.34. The molecule has 4 rings (SSSR count). The summed E-state index contributed by atoms with van der Waals surface area (Å²) in [4.78, 5) is 14.5. The van der Waals surface area contributed by atoms with E-state index in [1.165, 1.54) is 6.07 Å². The van der Waals surface area contributed by atoms with Crippen molar-refractivity contribution in [1.29, 1.82) is 0 Å². The van der Waals surface area contributed by atoms with E-state index in [2.05, 4.69) is 0 Å². The molecule has 0 aromatic heterocycles. The van der Waals surface area contributed by atoms with Crippen molar-refractivity contribution >= 4 is 16.9 Å². The lowest BCUT2D eigenvalue weighted by molar-refractivity contribution is 0.0284. The summed E-state index contributed by atoms with van der Waals surface area (Å²) in [5.74, 6) is 0.586. The second-order valence-electron chi connectivity index (χ2n) is 8.81. The number of amides is 1. The maximum Gasteiger partial charge on any atom is 0.410 e. The first kappa shape index (κ1) is 21.6. The number of hydrogen-bond acceptors (Lipinski definition) is 5. The summed E-state index contributed by atoms with van der Waals surface area (Å²) in [5, 5.41) is 0. The molecule has 1 unspecified atom stereocenters. The van der Waals surface area contributed by atoms with Crippen molar-refractivity contribution in [2.45, 2.75) is 37.7 Å². The van der Waals surface area contributed by atoms with Gasteiger partial charge in [0.1, 0.15) is 11.4 Å². The number of rotatable bonds is 4. The number of ether oxygens (including phenoxy) is 3. The Labute approximate surface area is 183 Å². The molecule has 2 aromatic rings. The van der Waals surface area contributed by atoms with Gasteiger partial charge in [0.2, 0.25) is 0 Å². The number of likely N-dealkylation sites (tertiary alicyclic amines) is 1. The van der Waals surface area contributed by atoms with Crippen LogP contribution in [0, 0.1) is 11.7 Å². The van der Waals surface area contributed by atoms with Crippen LogP contribution in [0.2, 0.25) is 0 Å². The molecule has 2 atom stereocenters. The van der Waals surface area contributed by atoms with Crippen LogP contribution in [0.15, 0.2) is 41.3 Å². The van der Waals surface area contributed by atoms with Gasteiger partial charge in [-0.15, -0.1) is 0 Å². The fraction of sp³-hybridized carbons (Fsp3) is 0.435. The van der Waals surface area contributed by atoms with Gasteiger partial charge in [-0.2, -0.15) is 0 Å². The van der Waals surface area contributed by atoms with Gasteiger partial charge in [0, 0.05) is 19.0 Å². The lowest BCUT2D eigenvalue weighted by Gasteiger charge is -2.24. The molecule has 31 heavy (non-hydrogen) atoms. The Morgan fingerprint density at radius 2 is 1.97 bits per heavy atom. The van der Waals surface area contributed by atoms with E-state index in [1.807, 2.05) is 26.8 Å². The number of nitrogens with zero attached hydrogens (tertiary/aromatic N) is 1. The van der Waals surface area contributed by atoms with Gasteiger partial charge in [-0.1, -0.05) is 12.1 Å². The molecule has 0 spiro atoms. The Bertz CT molecular complexity index is 1020. The molecule has 0 aliphatic carbocycles. The van der Waals surface area contributed by atoms with Crippen LogP contribution in [0.25, 0.3) is 11.1 Å². The standard InChI is InChI=1S/C23H26FNO5S/c1-23(2,3)30-22(26)25-9-8-15(12-25)13-28-19-6-4-16(10-18(19)24)17-5-7-21-20(11-17)29-14-31(21)27/h4-7,10-11,15H,8-9,12-14H2,1-3H3/t15-,31?/m1/s1. The van der Waals surface area contributed by atoms with Crippen molar-refractivity contribution in [3.05, 3.63) is 42.2 Å². The quantitative estimate of drug-likeness (QED) is 0.686. The van der Waals surface area contributed by atoms with Crippen molar-refractivity contribution in [2.75, 3.05) is 25.6 Å². The van der Waals surface area contributed by atoms with E-state index >= 15 is 0 Å². The largest absolute Gasteiger partial charge is 0.490 e. The molecule has 2 aliphatic heterocycles. The molecule has 0 saturated carbocycles. The molecule has 0 radical (unpaired) electrons. The van der Waals surface area contributed by atoms with Crippen LogP contribution in [0.4, 0.5) is 9.18 Å². The Balaban J connectivity index is 1.36. The minimum atomic E-state index is -1.13. The average molecular weight is 448 g/mol. The molecule has 0 N–H and O–H groups in total. The Kier molecular flexibility index (Phi) is 5.92. The summed E-state index contributed by atoms with van der Waals surface area (Å²) in [5.41, 5.74) is 0.941. The van der Waals surface area contributed by atoms with Gasteiger partial charge in [-0.05, 0) is 62.6 Å². The van der Waals surface area contributed by atoms with Crippen LogP contribution in [-0.2, 0) is 15.5 Å². The fourth-order valence-corrected chi connectivity index (χ4v) is 4.56. The third-order valence-electron chi connectivity index (χ3n) is 5.19. The summed E-state index contributed by atoms with van der Waals surface area (Å²) in [6.07, 6.45) is 0.461. The predicted molar refractivity (Wildman–Crippen MR) is 115 cm³/mol. The zero-order valence-corrected chi connectivity index (χ0v) is 18.7. The maximum atomic E-state index is 14.6. The topological polar surface area (TPSA) is 65.1 Å². The van der Waals surface area contributed by atoms with Gasteiger partial charge in [0.05, 0.1) is 22.3 Å². The van der Waals surface area contributed by atoms with E-state index in [0.717, 1.165) is 12.0 Å². The first-order valence-corrected chi connectivity index (χ1v) is 11.6. The third kappa shape index (κ3) is 5.01. The molecule has 2 aliphatic rings. The number of hydrogen-bond donors (Lipinski definition) is 0. The first-order valence-electron chi connectivity index (χ1n) is 10.3. The fourth-order valence-electron chi connectivity index (χ4n) is 3.64. The highest BCUT2D eigenvalue weighted by atomic mass is 32.2. The SMILES string of the molecule is CC(C)(C)OC(=O)N1CC[C@@H](COc2ccc(-c3ccc4c(c3)OCS4=O)cc2F)C1. The van der Waals surface area contributed by atoms with Gasteiger partial charge >= 0.3 is 6.09 Å². The second-order valence-corrected chi connectivity index (χ2v) is 10.2. The Morgan fingerprint density at radius 3 is 2.71 bits per heavy atom. The van der Waals surface area contributed by atoms with Crippen LogP contribution in [-0.4, -0.2) is 46.4 Å². The molecular formula is C23H26FNO5S. The van der Waals surface area contributed by atoms with E-state index in [-0.39, 0.29) is 23.7 Å². The summed E-state index contributed by atoms with van der Waals surface area (Å²) >= 11 is 0. The molecule has 2 heterocycles. The number of fused-ring (bicyclic) bond motifs is 1. The molecule has 6 nitrogen and oxygen atoms in total. The van der Waals surface area contributed by atoms with Crippen LogP contribution in [0.1, 0.15) is 27.2 Å². The van der Waals surface area contributed by atoms with Crippen molar-refractivity contribution in [3.8, 4) is 22.6 Å². The zero-order chi connectivity index (χ0) is 22.2. The van der Waals surface area contributed by atoms with Gasteiger partial charge < -0.3 is 19.1 Å². The summed E-state index contributed by atoms with van der Waals surface area (Å²) in [7, 11) is -1.13. The monoisotopic (exact) mass is 447 g/mol. The van der Waals surface area contributed by atoms with E-state index in [0.29, 0.717) is 35.9 Å². The van der Waals surface area contributed by atoms with Crippen molar-refractivity contribution in [2.24, 2.45) is 5.92 Å². The van der Waals surface area contributed by atoms with Gasteiger partial charge in [0.15, 0.2) is 17.5 Å². The Morgan fingerprint density at radius 1 is 1.23 bits per heavy atom. The van der Waals surface area contributed by atoms with E-state index in [1.54, 1.807) is 29.2 Å². The molecule has 0 bridgehead atoms. The van der Waals surface area contributed by atoms with Crippen molar-refractivity contribution in [1.82, 2.24) is 4.90 Å². The first-order chi connectivity index (χ1) is 14.7. The molecular weight excluding hydrogens is 421 g/mol. The third-order valence-corrected chi connectivity index (χ3v) is 6.35. The molecule has 1 amide bonds. The second kappa shape index (κ2) is 8.49. The highest BCUT2D eigenvalue weighted by Gasteiger charge is 2.30.